The van der Waals surface area contributed by atoms with E-state index in [0.717, 1.165) is 19.6 Å². The monoisotopic (exact) mass is 284 g/mol. The van der Waals surface area contributed by atoms with Gasteiger partial charge >= 0.3 is 0 Å². The molecule has 106 valence electrons. The van der Waals surface area contributed by atoms with E-state index < -0.39 is 0 Å². The first kappa shape index (κ1) is 14.8. The Morgan fingerprint density at radius 1 is 1.37 bits per heavy atom. The Kier molecular flexibility index (Phi) is 4.82. The van der Waals surface area contributed by atoms with E-state index in [9.17, 15) is 4.39 Å². The van der Waals surface area contributed by atoms with Crippen LogP contribution in [0.15, 0.2) is 18.2 Å². The fraction of sp³-hybridized carbons (Fsp3) is 0.600. The highest BCUT2D eigenvalue weighted by atomic mass is 35.5. The molecule has 0 aliphatic carbocycles. The van der Waals surface area contributed by atoms with Crippen molar-refractivity contribution < 1.29 is 4.39 Å². The van der Waals surface area contributed by atoms with Crippen LogP contribution in [0.25, 0.3) is 0 Å². The van der Waals surface area contributed by atoms with Crippen LogP contribution in [0.3, 0.4) is 0 Å². The Morgan fingerprint density at radius 2 is 2.05 bits per heavy atom. The first-order valence-corrected chi connectivity index (χ1v) is 7.19. The predicted octanol–water partition coefficient (Wildman–Crippen LogP) is 3.30. The fourth-order valence-electron chi connectivity index (χ4n) is 2.51. The molecule has 0 spiro atoms. The summed E-state index contributed by atoms with van der Waals surface area (Å²) in [6.07, 6.45) is 2.38. The van der Waals surface area contributed by atoms with Crippen LogP contribution in [0.1, 0.15) is 25.3 Å². The Morgan fingerprint density at radius 3 is 2.74 bits per heavy atom. The second-order valence-electron chi connectivity index (χ2n) is 5.95. The minimum atomic E-state index is -0.189. The highest BCUT2D eigenvalue weighted by Gasteiger charge is 2.28. The van der Waals surface area contributed by atoms with Gasteiger partial charge in [0.25, 0.3) is 0 Å². The van der Waals surface area contributed by atoms with Crippen molar-refractivity contribution in [2.24, 2.45) is 5.41 Å². The third-order valence-corrected chi connectivity index (χ3v) is 4.30. The highest BCUT2D eigenvalue weighted by Crippen LogP contribution is 2.29. The summed E-state index contributed by atoms with van der Waals surface area (Å²) in [6, 6.07) is 4.70. The van der Waals surface area contributed by atoms with Gasteiger partial charge in [-0.2, -0.15) is 0 Å². The zero-order chi connectivity index (χ0) is 13.9. The van der Waals surface area contributed by atoms with Crippen LogP contribution in [-0.2, 0) is 6.54 Å². The van der Waals surface area contributed by atoms with Crippen LogP contribution in [0.5, 0.6) is 0 Å². The van der Waals surface area contributed by atoms with Gasteiger partial charge < -0.3 is 10.2 Å². The quantitative estimate of drug-likeness (QED) is 0.913. The second kappa shape index (κ2) is 6.21. The largest absolute Gasteiger partial charge is 0.312 e. The van der Waals surface area contributed by atoms with Crippen molar-refractivity contribution in [1.82, 2.24) is 10.2 Å². The van der Waals surface area contributed by atoms with Crippen molar-refractivity contribution in [3.05, 3.63) is 34.6 Å². The molecule has 2 nitrogen and oxygen atoms in total. The van der Waals surface area contributed by atoms with Crippen molar-refractivity contribution >= 4 is 11.6 Å². The summed E-state index contributed by atoms with van der Waals surface area (Å²) < 4.78 is 13.6. The molecule has 1 aliphatic heterocycles. The third kappa shape index (κ3) is 4.16. The van der Waals surface area contributed by atoms with E-state index in [-0.39, 0.29) is 5.82 Å². The molecule has 0 unspecified atom stereocenters. The van der Waals surface area contributed by atoms with E-state index in [1.807, 2.05) is 0 Å². The minimum absolute atomic E-state index is 0.189. The van der Waals surface area contributed by atoms with Crippen LogP contribution in [-0.4, -0.2) is 31.6 Å². The molecule has 0 saturated carbocycles. The van der Waals surface area contributed by atoms with Crippen molar-refractivity contribution in [3.63, 3.8) is 0 Å². The Bertz CT molecular complexity index is 428. The maximum Gasteiger partial charge on any atom is 0.127 e. The number of hydrogen-bond donors (Lipinski definition) is 1. The second-order valence-corrected chi connectivity index (χ2v) is 6.39. The molecule has 19 heavy (non-hydrogen) atoms. The Labute approximate surface area is 119 Å². The first-order valence-electron chi connectivity index (χ1n) is 6.82. The van der Waals surface area contributed by atoms with Gasteiger partial charge in [-0.05, 0) is 56.6 Å². The standard InChI is InChI=1S/C15H22ClFN2/c1-15(5-7-19(2)8-6-15)11-18-10-12-9-13(16)3-4-14(12)17/h3-4,9,18H,5-8,10-11H2,1-2H3. The summed E-state index contributed by atoms with van der Waals surface area (Å²) in [5.74, 6) is -0.189. The smallest absolute Gasteiger partial charge is 0.127 e. The molecule has 1 saturated heterocycles. The lowest BCUT2D eigenvalue weighted by Crippen LogP contribution is -2.41. The van der Waals surface area contributed by atoms with E-state index in [1.165, 1.54) is 18.9 Å². The summed E-state index contributed by atoms with van der Waals surface area (Å²) in [5, 5.41) is 3.96. The molecule has 1 heterocycles. The molecule has 0 atom stereocenters. The van der Waals surface area contributed by atoms with Crippen LogP contribution >= 0.6 is 11.6 Å². The molecule has 0 aromatic heterocycles. The summed E-state index contributed by atoms with van der Waals surface area (Å²) in [5.41, 5.74) is 0.964. The molecule has 1 N–H and O–H groups in total. The normalized spacial score (nSPS) is 19.6. The van der Waals surface area contributed by atoms with Gasteiger partial charge in [0.2, 0.25) is 0 Å². The number of hydrogen-bond acceptors (Lipinski definition) is 2. The van der Waals surface area contributed by atoms with E-state index in [2.05, 4.69) is 24.2 Å². The zero-order valence-corrected chi connectivity index (χ0v) is 12.4. The molecule has 0 radical (unpaired) electrons. The Balaban J connectivity index is 1.84. The number of nitrogens with one attached hydrogen (secondary N) is 1. The van der Waals surface area contributed by atoms with Crippen molar-refractivity contribution in [2.75, 3.05) is 26.7 Å². The average Bonchev–Trinajstić information content (AvgIpc) is 2.38. The molecule has 1 aromatic rings. The van der Waals surface area contributed by atoms with Gasteiger partial charge in [-0.15, -0.1) is 0 Å². The minimum Gasteiger partial charge on any atom is -0.312 e. The molecular formula is C15H22ClFN2. The number of nitrogens with zero attached hydrogens (tertiary/aromatic N) is 1. The number of likely N-dealkylation sites (tertiary alicyclic amines) is 1. The number of benzene rings is 1. The molecule has 4 heteroatoms. The molecule has 2 rings (SSSR count). The molecule has 1 fully saturated rings. The van der Waals surface area contributed by atoms with Gasteiger partial charge in [0.1, 0.15) is 5.82 Å². The van der Waals surface area contributed by atoms with E-state index in [1.54, 1.807) is 12.1 Å². The topological polar surface area (TPSA) is 15.3 Å². The lowest BCUT2D eigenvalue weighted by atomic mass is 9.80. The fourth-order valence-corrected chi connectivity index (χ4v) is 2.71. The summed E-state index contributed by atoms with van der Waals surface area (Å²) in [7, 11) is 2.16. The highest BCUT2D eigenvalue weighted by molar-refractivity contribution is 6.30. The predicted molar refractivity (Wildman–Crippen MR) is 78.0 cm³/mol. The van der Waals surface area contributed by atoms with Gasteiger partial charge in [0, 0.05) is 23.7 Å². The van der Waals surface area contributed by atoms with Crippen molar-refractivity contribution in [3.8, 4) is 0 Å². The van der Waals surface area contributed by atoms with Crippen LogP contribution in [0.4, 0.5) is 4.39 Å². The molecule has 1 aliphatic rings. The van der Waals surface area contributed by atoms with Crippen molar-refractivity contribution in [2.45, 2.75) is 26.3 Å². The zero-order valence-electron chi connectivity index (χ0n) is 11.7. The number of rotatable bonds is 4. The average molecular weight is 285 g/mol. The maximum atomic E-state index is 13.6. The first-order chi connectivity index (χ1) is 8.98. The summed E-state index contributed by atoms with van der Waals surface area (Å²) in [6.45, 7) is 6.05. The Hall–Kier alpha value is -0.640. The van der Waals surface area contributed by atoms with E-state index >= 15 is 0 Å². The van der Waals surface area contributed by atoms with Gasteiger partial charge in [0.15, 0.2) is 0 Å². The lowest BCUT2D eigenvalue weighted by molar-refractivity contribution is 0.136. The van der Waals surface area contributed by atoms with Gasteiger partial charge in [-0.3, -0.25) is 0 Å². The summed E-state index contributed by atoms with van der Waals surface area (Å²) in [4.78, 5) is 2.36. The molecular weight excluding hydrogens is 263 g/mol. The summed E-state index contributed by atoms with van der Waals surface area (Å²) >= 11 is 5.89. The van der Waals surface area contributed by atoms with Gasteiger partial charge in [-0.25, -0.2) is 4.39 Å². The van der Waals surface area contributed by atoms with Gasteiger partial charge in [0.05, 0.1) is 0 Å². The van der Waals surface area contributed by atoms with E-state index in [4.69, 9.17) is 11.6 Å². The maximum absolute atomic E-state index is 13.6. The molecule has 0 bridgehead atoms. The number of halogens is 2. The van der Waals surface area contributed by atoms with E-state index in [0.29, 0.717) is 22.5 Å². The number of piperidine rings is 1. The van der Waals surface area contributed by atoms with Crippen molar-refractivity contribution in [1.29, 1.82) is 0 Å². The molecule has 1 aromatic carbocycles. The third-order valence-electron chi connectivity index (χ3n) is 4.07. The SMILES string of the molecule is CN1CCC(C)(CNCc2cc(Cl)ccc2F)CC1. The molecule has 0 amide bonds. The van der Waals surface area contributed by atoms with Gasteiger partial charge in [-0.1, -0.05) is 18.5 Å². The van der Waals surface area contributed by atoms with Crippen LogP contribution < -0.4 is 5.32 Å². The van der Waals surface area contributed by atoms with Crippen LogP contribution in [0.2, 0.25) is 5.02 Å². The lowest BCUT2D eigenvalue weighted by Gasteiger charge is -2.38. The van der Waals surface area contributed by atoms with Crippen LogP contribution in [0, 0.1) is 11.2 Å².